The first-order valence-corrected chi connectivity index (χ1v) is 9.88. The zero-order valence-corrected chi connectivity index (χ0v) is 15.0. The molecule has 2 unspecified atom stereocenters. The van der Waals surface area contributed by atoms with Gasteiger partial charge in [0.1, 0.15) is 0 Å². The highest BCUT2D eigenvalue weighted by molar-refractivity contribution is 9.09. The highest BCUT2D eigenvalue weighted by Crippen LogP contribution is 2.65. The summed E-state index contributed by atoms with van der Waals surface area (Å²) in [7, 11) is 0. The molecule has 3 fully saturated rings. The normalized spacial score (nSPS) is 56.2. The van der Waals surface area contributed by atoms with Crippen LogP contribution in [-0.4, -0.2) is 16.0 Å². The van der Waals surface area contributed by atoms with Crippen LogP contribution in [0.15, 0.2) is 11.6 Å². The standard InChI is InChI=1S/C19H29BrO/c1-18-9-8-15-14(16(18)10-13(20)11-18)7-6-12-4-3-5-17(21)19(12,15)2/h6,13-17,21H,3-5,7-11H2,1-2H3/t13?,14-,15-,16+,17?,18-,19+/m1/s1. The van der Waals surface area contributed by atoms with Gasteiger partial charge in [-0.2, -0.15) is 0 Å². The monoisotopic (exact) mass is 352 g/mol. The van der Waals surface area contributed by atoms with E-state index in [4.69, 9.17) is 0 Å². The second-order valence-electron chi connectivity index (χ2n) is 8.76. The van der Waals surface area contributed by atoms with Crippen LogP contribution in [0.3, 0.4) is 0 Å². The summed E-state index contributed by atoms with van der Waals surface area (Å²) in [5, 5.41) is 10.8. The fourth-order valence-electron chi connectivity index (χ4n) is 6.69. The van der Waals surface area contributed by atoms with E-state index in [1.165, 1.54) is 44.9 Å². The second kappa shape index (κ2) is 4.84. The third-order valence-corrected chi connectivity index (χ3v) is 8.56. The molecule has 4 aliphatic rings. The predicted molar refractivity (Wildman–Crippen MR) is 90.4 cm³/mol. The van der Waals surface area contributed by atoms with Gasteiger partial charge in [-0.15, -0.1) is 0 Å². The average molecular weight is 353 g/mol. The van der Waals surface area contributed by atoms with Crippen molar-refractivity contribution in [3.8, 4) is 0 Å². The molecule has 1 N–H and O–H groups in total. The van der Waals surface area contributed by atoms with Gasteiger partial charge in [-0.05, 0) is 74.5 Å². The number of allylic oxidation sites excluding steroid dienone is 1. The molecule has 0 heterocycles. The number of aliphatic hydroxyl groups excluding tert-OH is 1. The van der Waals surface area contributed by atoms with Gasteiger partial charge in [0.05, 0.1) is 6.10 Å². The van der Waals surface area contributed by atoms with Crippen molar-refractivity contribution in [1.82, 2.24) is 0 Å². The molecule has 0 saturated heterocycles. The highest BCUT2D eigenvalue weighted by Gasteiger charge is 2.58. The number of fused-ring (bicyclic) bond motifs is 5. The van der Waals surface area contributed by atoms with Gasteiger partial charge in [-0.1, -0.05) is 41.4 Å². The molecular formula is C19H29BrO. The molecular weight excluding hydrogens is 324 g/mol. The van der Waals surface area contributed by atoms with Crippen LogP contribution in [0.2, 0.25) is 0 Å². The number of rotatable bonds is 0. The summed E-state index contributed by atoms with van der Waals surface area (Å²) in [6.07, 6.45) is 12.6. The highest BCUT2D eigenvalue weighted by atomic mass is 79.9. The minimum absolute atomic E-state index is 0.0902. The fourth-order valence-corrected chi connectivity index (χ4v) is 7.83. The lowest BCUT2D eigenvalue weighted by Crippen LogP contribution is -2.53. The summed E-state index contributed by atoms with van der Waals surface area (Å²) in [5.41, 5.74) is 2.24. The lowest BCUT2D eigenvalue weighted by Gasteiger charge is -2.58. The Hall–Kier alpha value is 0.180. The first-order chi connectivity index (χ1) is 9.95. The zero-order valence-electron chi connectivity index (χ0n) is 13.4. The largest absolute Gasteiger partial charge is 0.392 e. The van der Waals surface area contributed by atoms with E-state index in [0.717, 1.165) is 29.0 Å². The number of aliphatic hydroxyl groups is 1. The van der Waals surface area contributed by atoms with Crippen molar-refractivity contribution in [1.29, 1.82) is 0 Å². The molecule has 0 radical (unpaired) electrons. The van der Waals surface area contributed by atoms with Crippen molar-refractivity contribution in [2.24, 2.45) is 28.6 Å². The van der Waals surface area contributed by atoms with E-state index in [2.05, 4.69) is 35.9 Å². The smallest absolute Gasteiger partial charge is 0.0633 e. The van der Waals surface area contributed by atoms with Crippen molar-refractivity contribution < 1.29 is 5.11 Å². The van der Waals surface area contributed by atoms with Crippen LogP contribution in [0.25, 0.3) is 0 Å². The van der Waals surface area contributed by atoms with Crippen molar-refractivity contribution >= 4 is 15.9 Å². The minimum Gasteiger partial charge on any atom is -0.392 e. The lowest BCUT2D eigenvalue weighted by atomic mass is 9.47. The van der Waals surface area contributed by atoms with Gasteiger partial charge in [-0.3, -0.25) is 0 Å². The predicted octanol–water partition coefficient (Wildman–Crippen LogP) is 5.07. The van der Waals surface area contributed by atoms with E-state index in [9.17, 15) is 5.11 Å². The Kier molecular flexibility index (Phi) is 3.40. The molecule has 3 saturated carbocycles. The van der Waals surface area contributed by atoms with Gasteiger partial charge in [0.2, 0.25) is 0 Å². The molecule has 4 rings (SSSR count). The molecule has 2 heteroatoms. The SMILES string of the molecule is C[C@]12CC[C@@H]3[C@@H](CC=C4CCCC(O)[C@@]43C)[C@@H]1CC(Br)C2. The summed E-state index contributed by atoms with van der Waals surface area (Å²) >= 11 is 3.91. The Morgan fingerprint density at radius 2 is 2.05 bits per heavy atom. The first-order valence-electron chi connectivity index (χ1n) is 8.97. The Morgan fingerprint density at radius 3 is 2.86 bits per heavy atom. The molecule has 0 spiro atoms. The van der Waals surface area contributed by atoms with Crippen LogP contribution in [0, 0.1) is 28.6 Å². The molecule has 0 aromatic carbocycles. The van der Waals surface area contributed by atoms with E-state index in [1.54, 1.807) is 5.57 Å². The lowest BCUT2D eigenvalue weighted by molar-refractivity contribution is -0.0814. The third-order valence-electron chi connectivity index (χ3n) is 7.87. The van der Waals surface area contributed by atoms with Crippen LogP contribution >= 0.6 is 15.9 Å². The van der Waals surface area contributed by atoms with Gasteiger partial charge in [0.25, 0.3) is 0 Å². The molecule has 0 amide bonds. The summed E-state index contributed by atoms with van der Waals surface area (Å²) < 4.78 is 0. The van der Waals surface area contributed by atoms with E-state index in [-0.39, 0.29) is 11.5 Å². The summed E-state index contributed by atoms with van der Waals surface area (Å²) in [5.74, 6) is 2.40. The fraction of sp³-hybridized carbons (Fsp3) is 0.895. The van der Waals surface area contributed by atoms with Crippen LogP contribution in [0.1, 0.15) is 65.2 Å². The van der Waals surface area contributed by atoms with Gasteiger partial charge in [0.15, 0.2) is 0 Å². The summed E-state index contributed by atoms with van der Waals surface area (Å²) in [6.45, 7) is 4.93. The molecule has 0 aromatic rings. The van der Waals surface area contributed by atoms with Crippen LogP contribution in [0.5, 0.6) is 0 Å². The van der Waals surface area contributed by atoms with Crippen molar-refractivity contribution in [2.75, 3.05) is 0 Å². The van der Waals surface area contributed by atoms with E-state index < -0.39 is 0 Å². The molecule has 118 valence electrons. The number of hydrogen-bond acceptors (Lipinski definition) is 1. The third kappa shape index (κ3) is 1.97. The summed E-state index contributed by atoms with van der Waals surface area (Å²) in [4.78, 5) is 0.723. The first kappa shape index (κ1) is 14.8. The maximum Gasteiger partial charge on any atom is 0.0633 e. The molecule has 7 atom stereocenters. The Labute approximate surface area is 137 Å². The Balaban J connectivity index is 1.71. The summed E-state index contributed by atoms with van der Waals surface area (Å²) in [6, 6.07) is 0. The van der Waals surface area contributed by atoms with Crippen LogP contribution < -0.4 is 0 Å². The quantitative estimate of drug-likeness (QED) is 0.476. The molecule has 21 heavy (non-hydrogen) atoms. The maximum atomic E-state index is 10.8. The van der Waals surface area contributed by atoms with Crippen molar-refractivity contribution in [3.63, 3.8) is 0 Å². The molecule has 4 aliphatic carbocycles. The van der Waals surface area contributed by atoms with Gasteiger partial charge in [0, 0.05) is 10.2 Å². The number of halogens is 1. The zero-order chi connectivity index (χ0) is 14.8. The van der Waals surface area contributed by atoms with Crippen molar-refractivity contribution in [2.45, 2.75) is 76.1 Å². The van der Waals surface area contributed by atoms with E-state index >= 15 is 0 Å². The van der Waals surface area contributed by atoms with E-state index in [1.807, 2.05) is 0 Å². The Morgan fingerprint density at radius 1 is 1.24 bits per heavy atom. The minimum atomic E-state index is -0.101. The van der Waals surface area contributed by atoms with Gasteiger partial charge < -0.3 is 5.11 Å². The average Bonchev–Trinajstić information content (AvgIpc) is 2.74. The second-order valence-corrected chi connectivity index (χ2v) is 10.1. The number of alkyl halides is 1. The van der Waals surface area contributed by atoms with Crippen molar-refractivity contribution in [3.05, 3.63) is 11.6 Å². The molecule has 1 nitrogen and oxygen atoms in total. The van der Waals surface area contributed by atoms with E-state index in [0.29, 0.717) is 5.41 Å². The van der Waals surface area contributed by atoms with Gasteiger partial charge in [-0.25, -0.2) is 0 Å². The van der Waals surface area contributed by atoms with Crippen LogP contribution in [0.4, 0.5) is 0 Å². The topological polar surface area (TPSA) is 20.2 Å². The number of hydrogen-bond donors (Lipinski definition) is 1. The van der Waals surface area contributed by atoms with Crippen LogP contribution in [-0.2, 0) is 0 Å². The Bertz CT molecular complexity index is 472. The molecule has 0 aromatic heterocycles. The molecule has 0 aliphatic heterocycles. The van der Waals surface area contributed by atoms with Gasteiger partial charge >= 0.3 is 0 Å². The molecule has 0 bridgehead atoms. The maximum absolute atomic E-state index is 10.8.